The highest BCUT2D eigenvalue weighted by Crippen LogP contribution is 2.88. The van der Waals surface area contributed by atoms with Crippen LogP contribution in [-0.2, 0) is 9.59 Å². The van der Waals surface area contributed by atoms with Crippen molar-refractivity contribution in [2.75, 3.05) is 7.05 Å². The number of hydrogen-bond donors (Lipinski definition) is 1. The molecule has 0 aromatic carbocycles. The predicted octanol–water partition coefficient (Wildman–Crippen LogP) is 1.50. The second kappa shape index (κ2) is 2.68. The largest absolute Gasteiger partial charge is 0.480 e. The number of likely N-dealkylation sites (N-methyl/N-ethyl adjacent to an activating group) is 1. The van der Waals surface area contributed by atoms with Crippen molar-refractivity contribution in [1.29, 1.82) is 0 Å². The molecule has 17 heavy (non-hydrogen) atoms. The molecule has 0 aromatic rings. The Morgan fingerprint density at radius 1 is 1.41 bits per heavy atom. The van der Waals surface area contributed by atoms with E-state index in [-0.39, 0.29) is 22.2 Å². The van der Waals surface area contributed by atoms with Crippen molar-refractivity contribution in [3.05, 3.63) is 0 Å². The van der Waals surface area contributed by atoms with Crippen molar-refractivity contribution in [2.24, 2.45) is 16.2 Å². The lowest BCUT2D eigenvalue weighted by molar-refractivity contribution is -0.145. The van der Waals surface area contributed by atoms with Gasteiger partial charge in [-0.2, -0.15) is 0 Å². The molecule has 0 aromatic heterocycles. The summed E-state index contributed by atoms with van der Waals surface area (Å²) in [4.78, 5) is 25.2. The number of fused-ring (bicyclic) bond motifs is 1. The monoisotopic (exact) mass is 237 g/mol. The van der Waals surface area contributed by atoms with Crippen molar-refractivity contribution in [3.8, 4) is 0 Å². The van der Waals surface area contributed by atoms with E-state index in [9.17, 15) is 14.7 Å². The Morgan fingerprint density at radius 2 is 2.00 bits per heavy atom. The minimum atomic E-state index is -0.866. The molecule has 1 aliphatic heterocycles. The molecule has 1 saturated heterocycles. The average molecular weight is 237 g/mol. The van der Waals surface area contributed by atoms with Gasteiger partial charge in [-0.3, -0.25) is 4.79 Å². The summed E-state index contributed by atoms with van der Waals surface area (Å²) in [5, 5.41) is 9.20. The summed E-state index contributed by atoms with van der Waals surface area (Å²) in [5.41, 5.74) is -0.292. The molecule has 3 aliphatic rings. The van der Waals surface area contributed by atoms with E-state index in [2.05, 4.69) is 13.8 Å². The molecule has 1 heterocycles. The first-order valence-corrected chi connectivity index (χ1v) is 6.32. The van der Waals surface area contributed by atoms with Gasteiger partial charge in [0.05, 0.1) is 5.41 Å². The molecule has 1 N–H and O–H groups in total. The number of aliphatic carboxylic acids is 1. The zero-order chi connectivity index (χ0) is 12.6. The van der Waals surface area contributed by atoms with Crippen molar-refractivity contribution < 1.29 is 14.7 Å². The van der Waals surface area contributed by atoms with Crippen LogP contribution in [0.2, 0.25) is 0 Å². The van der Waals surface area contributed by atoms with Crippen LogP contribution >= 0.6 is 0 Å². The van der Waals surface area contributed by atoms with Gasteiger partial charge >= 0.3 is 5.97 Å². The van der Waals surface area contributed by atoms with Crippen LogP contribution in [0.5, 0.6) is 0 Å². The highest BCUT2D eigenvalue weighted by molar-refractivity contribution is 5.96. The zero-order valence-electron chi connectivity index (χ0n) is 10.6. The van der Waals surface area contributed by atoms with Gasteiger partial charge in [0.15, 0.2) is 0 Å². The van der Waals surface area contributed by atoms with Crippen molar-refractivity contribution in [2.45, 2.75) is 45.6 Å². The number of carbonyl (C=O) groups is 2. The average Bonchev–Trinajstić information content (AvgIpc) is 2.48. The number of amides is 1. The Morgan fingerprint density at radius 3 is 2.29 bits per heavy atom. The van der Waals surface area contributed by atoms with Gasteiger partial charge in [-0.25, -0.2) is 4.79 Å². The van der Waals surface area contributed by atoms with Crippen molar-refractivity contribution in [1.82, 2.24) is 4.90 Å². The fourth-order valence-electron chi connectivity index (χ4n) is 4.87. The third-order valence-corrected chi connectivity index (χ3v) is 6.16. The molecule has 2 saturated carbocycles. The highest BCUT2D eigenvalue weighted by atomic mass is 16.4. The maximum atomic E-state index is 12.5. The number of nitrogens with zero attached hydrogens (tertiary/aromatic N) is 1. The summed E-state index contributed by atoms with van der Waals surface area (Å²) >= 11 is 0. The van der Waals surface area contributed by atoms with Gasteiger partial charge in [-0.15, -0.1) is 0 Å². The fourth-order valence-corrected chi connectivity index (χ4v) is 4.87. The van der Waals surface area contributed by atoms with E-state index in [1.807, 2.05) is 0 Å². The number of likely N-dealkylation sites (tertiary alicyclic amines) is 1. The first-order valence-electron chi connectivity index (χ1n) is 6.32. The Balaban J connectivity index is 2.01. The van der Waals surface area contributed by atoms with Gasteiger partial charge in [-0.1, -0.05) is 20.3 Å². The van der Waals surface area contributed by atoms with E-state index in [4.69, 9.17) is 0 Å². The summed E-state index contributed by atoms with van der Waals surface area (Å²) in [7, 11) is 1.64. The summed E-state index contributed by atoms with van der Waals surface area (Å²) in [6, 6.07) is -0.623. The molecule has 2 atom stereocenters. The molecule has 2 spiro atoms. The summed E-state index contributed by atoms with van der Waals surface area (Å²) < 4.78 is 0. The highest BCUT2D eigenvalue weighted by Gasteiger charge is 2.88. The standard InChI is InChI=1S/C13H19NO3/c1-11(2)12(5-4-6-12)13(11)7-8(9(15)16)14(3)10(13)17/h8H,4-7H2,1-3H3,(H,15,16)/t8-,13+/m0/s1. The number of carbonyl (C=O) groups excluding carboxylic acids is 1. The lowest BCUT2D eigenvalue weighted by Crippen LogP contribution is -2.36. The second-order valence-electron chi connectivity index (χ2n) is 6.44. The van der Waals surface area contributed by atoms with Gasteiger partial charge in [0.1, 0.15) is 6.04 Å². The minimum Gasteiger partial charge on any atom is -0.480 e. The molecule has 1 amide bonds. The Labute approximate surface area is 101 Å². The lowest BCUT2D eigenvalue weighted by Gasteiger charge is -2.31. The van der Waals surface area contributed by atoms with Crippen LogP contribution in [0.4, 0.5) is 0 Å². The van der Waals surface area contributed by atoms with Crippen LogP contribution in [0.1, 0.15) is 39.5 Å². The van der Waals surface area contributed by atoms with E-state index >= 15 is 0 Å². The normalized spacial score (nSPS) is 40.8. The Hall–Kier alpha value is -1.06. The number of carboxylic acid groups (broad SMARTS) is 1. The van der Waals surface area contributed by atoms with Crippen LogP contribution in [-0.4, -0.2) is 35.0 Å². The maximum absolute atomic E-state index is 12.5. The lowest BCUT2D eigenvalue weighted by atomic mass is 9.73. The molecule has 3 rings (SSSR count). The molecule has 4 heteroatoms. The van der Waals surface area contributed by atoms with Crippen LogP contribution in [0.15, 0.2) is 0 Å². The summed E-state index contributed by atoms with van der Waals surface area (Å²) in [6.45, 7) is 4.28. The van der Waals surface area contributed by atoms with E-state index in [0.29, 0.717) is 6.42 Å². The predicted molar refractivity (Wildman–Crippen MR) is 61.3 cm³/mol. The van der Waals surface area contributed by atoms with Crippen molar-refractivity contribution in [3.63, 3.8) is 0 Å². The molecular weight excluding hydrogens is 218 g/mol. The number of carboxylic acids is 1. The molecule has 0 bridgehead atoms. The van der Waals surface area contributed by atoms with Crippen LogP contribution in [0.25, 0.3) is 0 Å². The van der Waals surface area contributed by atoms with Crippen LogP contribution < -0.4 is 0 Å². The minimum absolute atomic E-state index is 0.0200. The van der Waals surface area contributed by atoms with E-state index in [0.717, 1.165) is 12.8 Å². The third kappa shape index (κ3) is 0.829. The maximum Gasteiger partial charge on any atom is 0.326 e. The first kappa shape index (κ1) is 11.1. The van der Waals surface area contributed by atoms with E-state index < -0.39 is 12.0 Å². The fraction of sp³-hybridized carbons (Fsp3) is 0.846. The van der Waals surface area contributed by atoms with Gasteiger partial charge in [0.2, 0.25) is 5.91 Å². The second-order valence-corrected chi connectivity index (χ2v) is 6.44. The van der Waals surface area contributed by atoms with Gasteiger partial charge < -0.3 is 10.0 Å². The Kier molecular flexibility index (Phi) is 1.74. The smallest absolute Gasteiger partial charge is 0.326 e. The van der Waals surface area contributed by atoms with Gasteiger partial charge in [0.25, 0.3) is 0 Å². The zero-order valence-corrected chi connectivity index (χ0v) is 10.6. The summed E-state index contributed by atoms with van der Waals surface area (Å²) in [6.07, 6.45) is 3.86. The van der Waals surface area contributed by atoms with Gasteiger partial charge in [-0.05, 0) is 30.1 Å². The quantitative estimate of drug-likeness (QED) is 0.752. The van der Waals surface area contributed by atoms with Crippen LogP contribution in [0, 0.1) is 16.2 Å². The molecule has 94 valence electrons. The molecule has 2 aliphatic carbocycles. The Bertz CT molecular complexity index is 424. The topological polar surface area (TPSA) is 57.6 Å². The van der Waals surface area contributed by atoms with E-state index in [1.165, 1.54) is 11.3 Å². The van der Waals surface area contributed by atoms with E-state index in [1.54, 1.807) is 7.05 Å². The first-order chi connectivity index (χ1) is 7.82. The molecule has 0 unspecified atom stereocenters. The number of hydrogen-bond acceptors (Lipinski definition) is 2. The van der Waals surface area contributed by atoms with Crippen LogP contribution in [0.3, 0.4) is 0 Å². The van der Waals surface area contributed by atoms with Crippen molar-refractivity contribution >= 4 is 11.9 Å². The molecular formula is C13H19NO3. The SMILES string of the molecule is CN1C(=O)[C@]2(C[C@H]1C(=O)O)C(C)(C)C21CCC1. The molecule has 3 fully saturated rings. The molecule has 0 radical (unpaired) electrons. The third-order valence-electron chi connectivity index (χ3n) is 6.16. The summed E-state index contributed by atoms with van der Waals surface area (Å²) in [5.74, 6) is -0.801. The molecule has 4 nitrogen and oxygen atoms in total. The van der Waals surface area contributed by atoms with Gasteiger partial charge in [0, 0.05) is 7.05 Å². The number of rotatable bonds is 1.